The third kappa shape index (κ3) is 1.63. The van der Waals surface area contributed by atoms with E-state index in [2.05, 4.69) is 15.4 Å². The number of rotatable bonds is 1. The Kier molecular flexibility index (Phi) is 2.15. The third-order valence-corrected chi connectivity index (χ3v) is 2.03. The van der Waals surface area contributed by atoms with Crippen LogP contribution in [0.5, 0.6) is 0 Å². The molecule has 0 amide bonds. The molecule has 1 saturated heterocycles. The zero-order valence-corrected chi connectivity index (χ0v) is 7.53. The van der Waals surface area contributed by atoms with Crippen LogP contribution in [-0.4, -0.2) is 34.5 Å². The number of nitrogen functional groups attached to an aromatic ring is 1. The summed E-state index contributed by atoms with van der Waals surface area (Å²) in [5.41, 5.74) is 5.56. The second-order valence-electron chi connectivity index (χ2n) is 3.02. The summed E-state index contributed by atoms with van der Waals surface area (Å²) in [6.45, 7) is 2.34. The smallest absolute Gasteiger partial charge is 0.218 e. The van der Waals surface area contributed by atoms with Crippen LogP contribution in [0.2, 0.25) is 0 Å². The number of hydrogen-bond acceptors (Lipinski definition) is 5. The van der Waals surface area contributed by atoms with Gasteiger partial charge in [-0.15, -0.1) is 0 Å². The SMILES string of the molecule is Cn1nc(C2CNCCO2)nc1N. The van der Waals surface area contributed by atoms with Crippen LogP contribution in [0.25, 0.3) is 0 Å². The van der Waals surface area contributed by atoms with Gasteiger partial charge < -0.3 is 15.8 Å². The number of aryl methyl sites for hydroxylation is 1. The summed E-state index contributed by atoms with van der Waals surface area (Å²) in [6.07, 6.45) is -0.0581. The van der Waals surface area contributed by atoms with Gasteiger partial charge in [-0.1, -0.05) is 0 Å². The molecule has 0 spiro atoms. The molecule has 1 aromatic heterocycles. The lowest BCUT2D eigenvalue weighted by Crippen LogP contribution is -2.33. The van der Waals surface area contributed by atoms with Gasteiger partial charge in [-0.2, -0.15) is 10.1 Å². The summed E-state index contributed by atoms with van der Waals surface area (Å²) < 4.78 is 7.02. The van der Waals surface area contributed by atoms with E-state index in [9.17, 15) is 0 Å². The molecule has 3 N–H and O–H groups in total. The molecule has 0 bridgehead atoms. The number of nitrogens with one attached hydrogen (secondary N) is 1. The number of hydrogen-bond donors (Lipinski definition) is 2. The molecular formula is C7H13N5O. The number of anilines is 1. The fourth-order valence-electron chi connectivity index (χ4n) is 1.28. The van der Waals surface area contributed by atoms with Gasteiger partial charge in [-0.25, -0.2) is 4.68 Å². The average molecular weight is 183 g/mol. The fraction of sp³-hybridized carbons (Fsp3) is 0.714. The molecule has 2 heterocycles. The molecule has 1 atom stereocenters. The first-order chi connectivity index (χ1) is 6.27. The highest BCUT2D eigenvalue weighted by atomic mass is 16.5. The van der Waals surface area contributed by atoms with Crippen molar-refractivity contribution in [3.63, 3.8) is 0 Å². The number of morpholine rings is 1. The Hall–Kier alpha value is -1.14. The summed E-state index contributed by atoms with van der Waals surface area (Å²) in [7, 11) is 1.77. The van der Waals surface area contributed by atoms with Crippen LogP contribution in [0, 0.1) is 0 Å². The van der Waals surface area contributed by atoms with E-state index >= 15 is 0 Å². The zero-order valence-electron chi connectivity index (χ0n) is 7.53. The molecule has 6 heteroatoms. The van der Waals surface area contributed by atoms with Gasteiger partial charge in [0, 0.05) is 20.1 Å². The molecule has 1 aromatic rings. The standard InChI is InChI=1S/C7H13N5O/c1-12-7(8)10-6(11-12)5-4-9-2-3-13-5/h5,9H,2-4H2,1H3,(H2,8,10,11). The predicted molar refractivity (Wildman–Crippen MR) is 47.0 cm³/mol. The summed E-state index contributed by atoms with van der Waals surface area (Å²) in [5, 5.41) is 7.36. The molecule has 1 aliphatic heterocycles. The number of ether oxygens (including phenoxy) is 1. The summed E-state index contributed by atoms with van der Waals surface area (Å²) in [5.74, 6) is 1.08. The van der Waals surface area contributed by atoms with Crippen LogP contribution in [0.1, 0.15) is 11.9 Å². The highest BCUT2D eigenvalue weighted by molar-refractivity contribution is 5.16. The van der Waals surface area contributed by atoms with E-state index in [1.165, 1.54) is 0 Å². The van der Waals surface area contributed by atoms with Crippen molar-refractivity contribution in [2.75, 3.05) is 25.4 Å². The maximum Gasteiger partial charge on any atom is 0.218 e. The van der Waals surface area contributed by atoms with Crippen molar-refractivity contribution in [2.24, 2.45) is 7.05 Å². The van der Waals surface area contributed by atoms with Crippen LogP contribution in [0.3, 0.4) is 0 Å². The summed E-state index contributed by atoms with van der Waals surface area (Å²) in [4.78, 5) is 4.10. The minimum atomic E-state index is -0.0581. The van der Waals surface area contributed by atoms with Crippen LogP contribution < -0.4 is 11.1 Å². The highest BCUT2D eigenvalue weighted by Crippen LogP contribution is 2.15. The second kappa shape index (κ2) is 3.31. The van der Waals surface area contributed by atoms with E-state index < -0.39 is 0 Å². The lowest BCUT2D eigenvalue weighted by molar-refractivity contribution is 0.0221. The summed E-state index contributed by atoms with van der Waals surface area (Å²) >= 11 is 0. The maximum absolute atomic E-state index is 5.56. The Labute approximate surface area is 76.1 Å². The Bertz CT molecular complexity index is 272. The van der Waals surface area contributed by atoms with Gasteiger partial charge in [0.2, 0.25) is 5.95 Å². The van der Waals surface area contributed by atoms with E-state index in [4.69, 9.17) is 10.5 Å². The van der Waals surface area contributed by atoms with Crippen molar-refractivity contribution < 1.29 is 4.74 Å². The maximum atomic E-state index is 5.56. The van der Waals surface area contributed by atoms with Crippen LogP contribution >= 0.6 is 0 Å². The average Bonchev–Trinajstić information content (AvgIpc) is 2.49. The van der Waals surface area contributed by atoms with Gasteiger partial charge in [-0.3, -0.25) is 0 Å². The first-order valence-electron chi connectivity index (χ1n) is 4.26. The van der Waals surface area contributed by atoms with Gasteiger partial charge in [0.05, 0.1) is 6.61 Å². The van der Waals surface area contributed by atoms with Crippen molar-refractivity contribution in [2.45, 2.75) is 6.10 Å². The molecule has 1 fully saturated rings. The quantitative estimate of drug-likeness (QED) is 0.587. The molecule has 2 rings (SSSR count). The lowest BCUT2D eigenvalue weighted by atomic mass is 10.3. The Balaban J connectivity index is 2.14. The molecule has 0 saturated carbocycles. The molecule has 0 aromatic carbocycles. The van der Waals surface area contributed by atoms with E-state index in [1.54, 1.807) is 11.7 Å². The van der Waals surface area contributed by atoms with Crippen molar-refractivity contribution in [3.8, 4) is 0 Å². The Morgan fingerprint density at radius 1 is 1.69 bits per heavy atom. The lowest BCUT2D eigenvalue weighted by Gasteiger charge is -2.20. The normalized spacial score (nSPS) is 23.3. The predicted octanol–water partition coefficient (Wildman–Crippen LogP) is -0.942. The van der Waals surface area contributed by atoms with Crippen molar-refractivity contribution in [3.05, 3.63) is 5.82 Å². The first kappa shape index (κ1) is 8.46. The van der Waals surface area contributed by atoms with Crippen LogP contribution in [-0.2, 0) is 11.8 Å². The van der Waals surface area contributed by atoms with Crippen LogP contribution in [0.4, 0.5) is 5.95 Å². The topological polar surface area (TPSA) is 78.0 Å². The van der Waals surface area contributed by atoms with Crippen molar-refractivity contribution in [1.82, 2.24) is 20.1 Å². The zero-order chi connectivity index (χ0) is 9.26. The molecule has 0 radical (unpaired) electrons. The van der Waals surface area contributed by atoms with E-state index in [0.29, 0.717) is 18.4 Å². The van der Waals surface area contributed by atoms with E-state index in [1.807, 2.05) is 0 Å². The van der Waals surface area contributed by atoms with Crippen molar-refractivity contribution >= 4 is 5.95 Å². The minimum absolute atomic E-state index is 0.0581. The molecule has 13 heavy (non-hydrogen) atoms. The highest BCUT2D eigenvalue weighted by Gasteiger charge is 2.20. The van der Waals surface area contributed by atoms with Crippen LogP contribution in [0.15, 0.2) is 0 Å². The van der Waals surface area contributed by atoms with Gasteiger partial charge in [-0.05, 0) is 0 Å². The third-order valence-electron chi connectivity index (χ3n) is 2.03. The fourth-order valence-corrected chi connectivity index (χ4v) is 1.28. The monoisotopic (exact) mass is 183 g/mol. The first-order valence-corrected chi connectivity index (χ1v) is 4.26. The van der Waals surface area contributed by atoms with Gasteiger partial charge in [0.15, 0.2) is 5.82 Å². The number of nitrogens with two attached hydrogens (primary N) is 1. The minimum Gasteiger partial charge on any atom is -0.368 e. The van der Waals surface area contributed by atoms with E-state index in [0.717, 1.165) is 13.1 Å². The number of nitrogens with zero attached hydrogens (tertiary/aromatic N) is 3. The van der Waals surface area contributed by atoms with Gasteiger partial charge in [0.1, 0.15) is 6.10 Å². The second-order valence-corrected chi connectivity index (χ2v) is 3.02. The molecule has 1 aliphatic rings. The molecule has 0 aliphatic carbocycles. The van der Waals surface area contributed by atoms with Gasteiger partial charge >= 0.3 is 0 Å². The molecular weight excluding hydrogens is 170 g/mol. The summed E-state index contributed by atoms with van der Waals surface area (Å²) in [6, 6.07) is 0. The molecule has 6 nitrogen and oxygen atoms in total. The van der Waals surface area contributed by atoms with E-state index in [-0.39, 0.29) is 6.10 Å². The molecule has 72 valence electrons. The van der Waals surface area contributed by atoms with Crippen molar-refractivity contribution in [1.29, 1.82) is 0 Å². The molecule has 1 unspecified atom stereocenters. The van der Waals surface area contributed by atoms with Gasteiger partial charge in [0.25, 0.3) is 0 Å². The largest absolute Gasteiger partial charge is 0.368 e. The number of aromatic nitrogens is 3. The Morgan fingerprint density at radius 3 is 3.08 bits per heavy atom. The Morgan fingerprint density at radius 2 is 2.54 bits per heavy atom.